The van der Waals surface area contributed by atoms with Crippen molar-refractivity contribution in [2.24, 2.45) is 0 Å². The quantitative estimate of drug-likeness (QED) is 0.804. The molecule has 3 nitrogen and oxygen atoms in total. The predicted molar refractivity (Wildman–Crippen MR) is 65.8 cm³/mol. The Morgan fingerprint density at radius 2 is 1.85 bits per heavy atom. The summed E-state index contributed by atoms with van der Waals surface area (Å²) in [6.07, 6.45) is -7.86. The van der Waals surface area contributed by atoms with Crippen LogP contribution in [0.4, 0.5) is 13.2 Å². The molecule has 3 atom stereocenters. The first-order valence-corrected chi connectivity index (χ1v) is 6.30. The SMILES string of the molecule is OC1OC1C1=Cc2cc(Cl)cc(Cl)c2O[C@@H]1C(F)(F)F. The van der Waals surface area contributed by atoms with Crippen LogP contribution in [0.2, 0.25) is 10.0 Å². The van der Waals surface area contributed by atoms with E-state index in [0.717, 1.165) is 0 Å². The van der Waals surface area contributed by atoms with Crippen LogP contribution in [0, 0.1) is 0 Å². The first kappa shape index (κ1) is 14.0. The van der Waals surface area contributed by atoms with E-state index < -0.39 is 24.7 Å². The number of epoxide rings is 1. The Kier molecular flexibility index (Phi) is 3.17. The van der Waals surface area contributed by atoms with Crippen molar-refractivity contribution < 1.29 is 27.8 Å². The maximum atomic E-state index is 13.0. The van der Waals surface area contributed by atoms with E-state index in [1.807, 2.05) is 0 Å². The molecule has 2 aliphatic heterocycles. The lowest BCUT2D eigenvalue weighted by atomic mass is 9.98. The second-order valence-corrected chi connectivity index (χ2v) is 5.28. The third-order valence-electron chi connectivity index (χ3n) is 2.99. The molecule has 2 aliphatic rings. The van der Waals surface area contributed by atoms with Gasteiger partial charge in [0.2, 0.25) is 6.10 Å². The fourth-order valence-corrected chi connectivity index (χ4v) is 2.64. The number of aliphatic hydroxyl groups excluding tert-OH is 1. The van der Waals surface area contributed by atoms with Gasteiger partial charge in [0.1, 0.15) is 11.9 Å². The molecule has 0 radical (unpaired) electrons. The van der Waals surface area contributed by atoms with Crippen LogP contribution in [0.25, 0.3) is 6.08 Å². The molecule has 1 N–H and O–H groups in total. The zero-order chi connectivity index (χ0) is 14.7. The van der Waals surface area contributed by atoms with Gasteiger partial charge in [0.05, 0.1) is 5.02 Å². The van der Waals surface area contributed by atoms with Gasteiger partial charge in [0, 0.05) is 16.2 Å². The van der Waals surface area contributed by atoms with Crippen molar-refractivity contribution in [1.29, 1.82) is 0 Å². The van der Waals surface area contributed by atoms with Gasteiger partial charge in [-0.15, -0.1) is 0 Å². The zero-order valence-corrected chi connectivity index (χ0v) is 11.1. The number of rotatable bonds is 1. The predicted octanol–water partition coefficient (Wildman–Crippen LogP) is 3.42. The second kappa shape index (κ2) is 4.53. The summed E-state index contributed by atoms with van der Waals surface area (Å²) in [6.45, 7) is 0. The van der Waals surface area contributed by atoms with Crippen molar-refractivity contribution in [2.45, 2.75) is 24.7 Å². The zero-order valence-electron chi connectivity index (χ0n) is 9.62. The summed E-state index contributed by atoms with van der Waals surface area (Å²) in [4.78, 5) is 0. The van der Waals surface area contributed by atoms with Crippen LogP contribution >= 0.6 is 23.2 Å². The molecule has 0 spiro atoms. The largest absolute Gasteiger partial charge is 0.474 e. The van der Waals surface area contributed by atoms with Crippen molar-refractivity contribution >= 4 is 29.3 Å². The van der Waals surface area contributed by atoms with Gasteiger partial charge in [-0.3, -0.25) is 0 Å². The number of alkyl halides is 3. The van der Waals surface area contributed by atoms with E-state index in [0.29, 0.717) is 5.56 Å². The first-order chi connectivity index (χ1) is 9.27. The van der Waals surface area contributed by atoms with Crippen LogP contribution in [0.5, 0.6) is 5.75 Å². The molecule has 1 aromatic rings. The number of halogens is 5. The molecule has 1 fully saturated rings. The molecule has 20 heavy (non-hydrogen) atoms. The maximum Gasteiger partial charge on any atom is 0.429 e. The highest BCUT2D eigenvalue weighted by atomic mass is 35.5. The molecule has 2 heterocycles. The van der Waals surface area contributed by atoms with Gasteiger partial charge >= 0.3 is 6.18 Å². The average Bonchev–Trinajstić information content (AvgIpc) is 3.03. The number of hydrogen-bond donors (Lipinski definition) is 1. The summed E-state index contributed by atoms with van der Waals surface area (Å²) in [5.74, 6) is -0.0859. The van der Waals surface area contributed by atoms with Gasteiger partial charge in [0.25, 0.3) is 0 Å². The lowest BCUT2D eigenvalue weighted by molar-refractivity contribution is -0.184. The molecule has 0 aliphatic carbocycles. The first-order valence-electron chi connectivity index (χ1n) is 5.55. The summed E-state index contributed by atoms with van der Waals surface area (Å²) >= 11 is 11.7. The van der Waals surface area contributed by atoms with E-state index in [9.17, 15) is 18.3 Å². The molecule has 0 amide bonds. The van der Waals surface area contributed by atoms with Crippen LogP contribution in [0.15, 0.2) is 17.7 Å². The fraction of sp³-hybridized carbons (Fsp3) is 0.333. The van der Waals surface area contributed by atoms with Crippen molar-refractivity contribution in [3.05, 3.63) is 33.3 Å². The van der Waals surface area contributed by atoms with E-state index in [4.69, 9.17) is 32.7 Å². The molecule has 2 unspecified atom stereocenters. The lowest BCUT2D eigenvalue weighted by Gasteiger charge is -2.28. The molecule has 0 aromatic heterocycles. The summed E-state index contributed by atoms with van der Waals surface area (Å²) in [7, 11) is 0. The molecule has 8 heteroatoms. The van der Waals surface area contributed by atoms with Gasteiger partial charge in [-0.1, -0.05) is 23.2 Å². The van der Waals surface area contributed by atoms with E-state index >= 15 is 0 Å². The summed E-state index contributed by atoms with van der Waals surface area (Å²) in [5.41, 5.74) is 0.122. The number of benzene rings is 1. The van der Waals surface area contributed by atoms with Crippen LogP contribution in [0.3, 0.4) is 0 Å². The molecule has 1 saturated heterocycles. The van der Waals surface area contributed by atoms with Crippen molar-refractivity contribution in [3.63, 3.8) is 0 Å². The van der Waals surface area contributed by atoms with Gasteiger partial charge in [-0.25, -0.2) is 0 Å². The van der Waals surface area contributed by atoms with E-state index in [2.05, 4.69) is 0 Å². The molecule has 1 aromatic carbocycles. The molecule has 0 saturated carbocycles. The monoisotopic (exact) mass is 326 g/mol. The maximum absolute atomic E-state index is 13.0. The molecular formula is C12H7Cl2F3O3. The highest BCUT2D eigenvalue weighted by Gasteiger charge is 2.54. The summed E-state index contributed by atoms with van der Waals surface area (Å²) in [5, 5.41) is 9.45. The Labute approximate surface area is 121 Å². The van der Waals surface area contributed by atoms with Crippen molar-refractivity contribution in [2.75, 3.05) is 0 Å². The van der Waals surface area contributed by atoms with Gasteiger partial charge in [-0.05, 0) is 18.2 Å². The molecular weight excluding hydrogens is 320 g/mol. The standard InChI is InChI=1S/C12H7Cl2F3O3/c13-5-1-4-2-6(9-11(18)20-9)10(12(15,16)17)19-8(4)7(14)3-5/h1-3,9-11,18H/t9?,10-,11?/m0/s1. The van der Waals surface area contributed by atoms with Crippen LogP contribution in [-0.4, -0.2) is 29.8 Å². The van der Waals surface area contributed by atoms with E-state index in [1.165, 1.54) is 18.2 Å². The topological polar surface area (TPSA) is 42.0 Å². The van der Waals surface area contributed by atoms with E-state index in [-0.39, 0.29) is 21.4 Å². The Morgan fingerprint density at radius 3 is 2.40 bits per heavy atom. The summed E-state index contributed by atoms with van der Waals surface area (Å²) in [6, 6.07) is 2.74. The molecule has 108 valence electrons. The average molecular weight is 327 g/mol. The van der Waals surface area contributed by atoms with Crippen LogP contribution in [0.1, 0.15) is 5.56 Å². The Bertz CT molecular complexity index is 600. The lowest BCUT2D eigenvalue weighted by Crippen LogP contribution is -2.39. The minimum absolute atomic E-state index is 0.00527. The third-order valence-corrected chi connectivity index (χ3v) is 3.49. The van der Waals surface area contributed by atoms with Crippen LogP contribution in [-0.2, 0) is 4.74 Å². The number of aliphatic hydroxyl groups is 1. The minimum Gasteiger partial charge on any atom is -0.474 e. The number of ether oxygens (including phenoxy) is 2. The Hall–Kier alpha value is -0.950. The van der Waals surface area contributed by atoms with Gasteiger partial charge in [0.15, 0.2) is 6.29 Å². The molecule has 3 rings (SSSR count). The van der Waals surface area contributed by atoms with Gasteiger partial charge < -0.3 is 14.6 Å². The Morgan fingerprint density at radius 1 is 1.20 bits per heavy atom. The highest BCUT2D eigenvalue weighted by Crippen LogP contribution is 2.45. The summed E-state index contributed by atoms with van der Waals surface area (Å²) < 4.78 is 48.8. The Balaban J connectivity index is 2.10. The number of hydrogen-bond acceptors (Lipinski definition) is 3. The van der Waals surface area contributed by atoms with Gasteiger partial charge in [-0.2, -0.15) is 13.2 Å². The van der Waals surface area contributed by atoms with Crippen molar-refractivity contribution in [1.82, 2.24) is 0 Å². The van der Waals surface area contributed by atoms with E-state index in [1.54, 1.807) is 0 Å². The van der Waals surface area contributed by atoms with Crippen molar-refractivity contribution in [3.8, 4) is 5.75 Å². The van der Waals surface area contributed by atoms with Crippen LogP contribution < -0.4 is 4.74 Å². The highest BCUT2D eigenvalue weighted by molar-refractivity contribution is 6.36. The smallest absolute Gasteiger partial charge is 0.429 e. The normalized spacial score (nSPS) is 28.5. The number of fused-ring (bicyclic) bond motifs is 1. The third kappa shape index (κ3) is 2.37. The second-order valence-electron chi connectivity index (χ2n) is 4.44. The fourth-order valence-electron chi connectivity index (χ4n) is 2.09. The molecule has 0 bridgehead atoms. The minimum atomic E-state index is -4.64.